The molecule has 1 aromatic rings. The van der Waals surface area contributed by atoms with Crippen molar-refractivity contribution in [2.24, 2.45) is 11.3 Å². The number of carbonyl (C=O) groups excluding carboxylic acids is 2. The molecule has 0 aliphatic carbocycles. The summed E-state index contributed by atoms with van der Waals surface area (Å²) in [5.74, 6) is -1.11. The van der Waals surface area contributed by atoms with Gasteiger partial charge in [0.05, 0.1) is 18.6 Å². The molecule has 0 unspecified atom stereocenters. The predicted octanol–water partition coefficient (Wildman–Crippen LogP) is 1.51. The molecule has 130 valence electrons. The maximum absolute atomic E-state index is 13.0. The standard InChI is InChI=1S/C18H24N2O4/c1-4-23-17(22)14-13-15(19-24-14)18(2,3)11-20(16(13)21)10-12-8-6-5-7-9-12/h5-9,13-15,19H,4,10-11H2,1-3H3/t13-,14+,15-/m0/s1. The molecule has 2 aliphatic heterocycles. The number of benzene rings is 1. The van der Waals surface area contributed by atoms with Gasteiger partial charge in [0.25, 0.3) is 0 Å². The molecule has 24 heavy (non-hydrogen) atoms. The molecular weight excluding hydrogens is 308 g/mol. The Kier molecular flexibility index (Phi) is 4.60. The molecule has 0 spiro atoms. The van der Waals surface area contributed by atoms with Crippen molar-refractivity contribution in [3.8, 4) is 0 Å². The second-order valence-electron chi connectivity index (χ2n) is 7.08. The largest absolute Gasteiger partial charge is 0.464 e. The fourth-order valence-corrected chi connectivity index (χ4v) is 3.62. The number of fused-ring (bicyclic) bond motifs is 1. The third-order valence-electron chi connectivity index (χ3n) is 4.78. The van der Waals surface area contributed by atoms with Gasteiger partial charge in [-0.3, -0.25) is 9.63 Å². The summed E-state index contributed by atoms with van der Waals surface area (Å²) in [6.07, 6.45) is -0.889. The van der Waals surface area contributed by atoms with E-state index in [0.717, 1.165) is 5.56 Å². The molecule has 1 N–H and O–H groups in total. The third kappa shape index (κ3) is 3.03. The lowest BCUT2D eigenvalue weighted by Gasteiger charge is -2.45. The first kappa shape index (κ1) is 16.9. The highest BCUT2D eigenvalue weighted by Gasteiger charge is 2.57. The Hall–Kier alpha value is -1.92. The Bertz CT molecular complexity index is 617. The molecule has 0 bridgehead atoms. The Morgan fingerprint density at radius 1 is 1.38 bits per heavy atom. The molecule has 3 rings (SSSR count). The molecule has 2 aliphatic rings. The van der Waals surface area contributed by atoms with Gasteiger partial charge in [0, 0.05) is 18.5 Å². The van der Waals surface area contributed by atoms with E-state index in [2.05, 4.69) is 19.3 Å². The lowest BCUT2D eigenvalue weighted by atomic mass is 9.72. The Morgan fingerprint density at radius 3 is 2.75 bits per heavy atom. The van der Waals surface area contributed by atoms with Crippen LogP contribution < -0.4 is 5.48 Å². The molecular formula is C18H24N2O4. The topological polar surface area (TPSA) is 67.9 Å². The lowest BCUT2D eigenvalue weighted by molar-refractivity contribution is -0.163. The van der Waals surface area contributed by atoms with Crippen molar-refractivity contribution >= 4 is 11.9 Å². The molecule has 6 heteroatoms. The number of carbonyl (C=O) groups is 2. The maximum Gasteiger partial charge on any atom is 0.338 e. The number of hydrogen-bond donors (Lipinski definition) is 1. The molecule has 2 fully saturated rings. The zero-order valence-electron chi connectivity index (χ0n) is 14.3. The molecule has 1 aromatic carbocycles. The van der Waals surface area contributed by atoms with E-state index in [-0.39, 0.29) is 24.0 Å². The van der Waals surface area contributed by atoms with Gasteiger partial charge in [0.2, 0.25) is 5.91 Å². The van der Waals surface area contributed by atoms with Gasteiger partial charge in [0.15, 0.2) is 6.10 Å². The van der Waals surface area contributed by atoms with Crippen LogP contribution in [0, 0.1) is 11.3 Å². The van der Waals surface area contributed by atoms with E-state index in [4.69, 9.17) is 9.57 Å². The summed E-state index contributed by atoms with van der Waals surface area (Å²) < 4.78 is 5.07. The van der Waals surface area contributed by atoms with Crippen LogP contribution in [0.1, 0.15) is 26.3 Å². The van der Waals surface area contributed by atoms with E-state index < -0.39 is 18.0 Å². The molecule has 1 amide bonds. The minimum absolute atomic E-state index is 0.0637. The van der Waals surface area contributed by atoms with Crippen molar-refractivity contribution in [3.63, 3.8) is 0 Å². The fraction of sp³-hybridized carbons (Fsp3) is 0.556. The van der Waals surface area contributed by atoms with Gasteiger partial charge in [-0.05, 0) is 12.5 Å². The second-order valence-corrected chi connectivity index (χ2v) is 7.08. The summed E-state index contributed by atoms with van der Waals surface area (Å²) in [6, 6.07) is 9.66. The number of nitrogens with zero attached hydrogens (tertiary/aromatic N) is 1. The number of rotatable bonds is 4. The minimum atomic E-state index is -0.889. The number of hydrogen-bond acceptors (Lipinski definition) is 5. The molecule has 0 saturated carbocycles. The summed E-state index contributed by atoms with van der Waals surface area (Å²) in [6.45, 7) is 7.31. The Morgan fingerprint density at radius 2 is 2.08 bits per heavy atom. The molecule has 3 atom stereocenters. The average molecular weight is 332 g/mol. The van der Waals surface area contributed by atoms with Crippen LogP contribution in [0.2, 0.25) is 0 Å². The van der Waals surface area contributed by atoms with Crippen LogP contribution in [0.5, 0.6) is 0 Å². The quantitative estimate of drug-likeness (QED) is 0.847. The van der Waals surface area contributed by atoms with E-state index >= 15 is 0 Å². The number of ether oxygens (including phenoxy) is 1. The summed E-state index contributed by atoms with van der Waals surface area (Å²) in [7, 11) is 0. The van der Waals surface area contributed by atoms with Crippen LogP contribution in [0.15, 0.2) is 30.3 Å². The number of likely N-dealkylation sites (tertiary alicyclic amines) is 1. The summed E-state index contributed by atoms with van der Waals surface area (Å²) in [5, 5.41) is 0. The van der Waals surface area contributed by atoms with Crippen LogP contribution in [0.25, 0.3) is 0 Å². The van der Waals surface area contributed by atoms with Gasteiger partial charge < -0.3 is 9.64 Å². The number of amides is 1. The van der Waals surface area contributed by atoms with E-state index in [0.29, 0.717) is 13.1 Å². The minimum Gasteiger partial charge on any atom is -0.464 e. The van der Waals surface area contributed by atoms with Crippen molar-refractivity contribution in [1.29, 1.82) is 0 Å². The fourth-order valence-electron chi connectivity index (χ4n) is 3.62. The van der Waals surface area contributed by atoms with Gasteiger partial charge in [-0.25, -0.2) is 4.79 Å². The number of piperidine rings is 1. The molecule has 2 saturated heterocycles. The van der Waals surface area contributed by atoms with Gasteiger partial charge in [-0.15, -0.1) is 0 Å². The summed E-state index contributed by atoms with van der Waals surface area (Å²) >= 11 is 0. The molecule has 0 aromatic heterocycles. The van der Waals surface area contributed by atoms with Gasteiger partial charge in [-0.2, -0.15) is 5.48 Å². The van der Waals surface area contributed by atoms with Crippen LogP contribution in [0.3, 0.4) is 0 Å². The Labute approximate surface area is 142 Å². The monoisotopic (exact) mass is 332 g/mol. The third-order valence-corrected chi connectivity index (χ3v) is 4.78. The maximum atomic E-state index is 13.0. The first-order chi connectivity index (χ1) is 11.4. The summed E-state index contributed by atoms with van der Waals surface area (Å²) in [4.78, 5) is 32.4. The highest BCUT2D eigenvalue weighted by Crippen LogP contribution is 2.40. The zero-order valence-corrected chi connectivity index (χ0v) is 14.3. The summed E-state index contributed by atoms with van der Waals surface area (Å²) in [5.41, 5.74) is 3.76. The second kappa shape index (κ2) is 6.53. The van der Waals surface area contributed by atoms with E-state index in [1.54, 1.807) is 6.92 Å². The smallest absolute Gasteiger partial charge is 0.338 e. The van der Waals surface area contributed by atoms with Crippen molar-refractivity contribution < 1.29 is 19.2 Å². The highest BCUT2D eigenvalue weighted by molar-refractivity contribution is 5.89. The van der Waals surface area contributed by atoms with Crippen molar-refractivity contribution in [2.75, 3.05) is 13.2 Å². The van der Waals surface area contributed by atoms with Crippen molar-refractivity contribution in [3.05, 3.63) is 35.9 Å². The highest BCUT2D eigenvalue weighted by atomic mass is 16.7. The number of nitrogens with one attached hydrogen (secondary N) is 1. The lowest BCUT2D eigenvalue weighted by Crippen LogP contribution is -2.60. The van der Waals surface area contributed by atoms with Gasteiger partial charge in [-0.1, -0.05) is 44.2 Å². The molecule has 2 heterocycles. The van der Waals surface area contributed by atoms with E-state index in [1.165, 1.54) is 0 Å². The van der Waals surface area contributed by atoms with Crippen LogP contribution in [-0.2, 0) is 25.7 Å². The predicted molar refractivity (Wildman–Crippen MR) is 87.6 cm³/mol. The zero-order chi connectivity index (χ0) is 17.3. The SMILES string of the molecule is CCOC(=O)[C@@H]1ON[C@H]2[C@H]1C(=O)N(Cc1ccccc1)CC2(C)C. The van der Waals surface area contributed by atoms with Crippen LogP contribution >= 0.6 is 0 Å². The number of esters is 1. The van der Waals surface area contributed by atoms with Crippen molar-refractivity contribution in [1.82, 2.24) is 10.4 Å². The van der Waals surface area contributed by atoms with Crippen LogP contribution in [-0.4, -0.2) is 42.1 Å². The molecule has 6 nitrogen and oxygen atoms in total. The van der Waals surface area contributed by atoms with Crippen molar-refractivity contribution in [2.45, 2.75) is 39.5 Å². The van der Waals surface area contributed by atoms with Crippen LogP contribution in [0.4, 0.5) is 0 Å². The van der Waals surface area contributed by atoms with Gasteiger partial charge >= 0.3 is 5.97 Å². The average Bonchev–Trinajstić information content (AvgIpc) is 3.00. The normalized spacial score (nSPS) is 28.5. The first-order valence-electron chi connectivity index (χ1n) is 8.34. The number of hydroxylamine groups is 1. The van der Waals surface area contributed by atoms with Gasteiger partial charge in [0.1, 0.15) is 0 Å². The Balaban J connectivity index is 1.84. The van der Waals surface area contributed by atoms with E-state index in [9.17, 15) is 9.59 Å². The molecule has 0 radical (unpaired) electrons. The first-order valence-corrected chi connectivity index (χ1v) is 8.34. The van der Waals surface area contributed by atoms with E-state index in [1.807, 2.05) is 35.2 Å².